The van der Waals surface area contributed by atoms with Crippen LogP contribution in [-0.4, -0.2) is 29.6 Å². The number of hydrogen-bond donors (Lipinski definition) is 2. The summed E-state index contributed by atoms with van der Waals surface area (Å²) in [4.78, 5) is 4.36. The minimum Gasteiger partial charge on any atom is -0.453 e. The third-order valence-corrected chi connectivity index (χ3v) is 4.58. The van der Waals surface area contributed by atoms with Gasteiger partial charge in [0.1, 0.15) is 17.5 Å². The van der Waals surface area contributed by atoms with Crippen molar-refractivity contribution < 1.29 is 9.84 Å². The highest BCUT2D eigenvalue weighted by molar-refractivity contribution is 7.98. The van der Waals surface area contributed by atoms with E-state index >= 15 is 0 Å². The third kappa shape index (κ3) is 4.44. The zero-order valence-corrected chi connectivity index (χ0v) is 15.0. The summed E-state index contributed by atoms with van der Waals surface area (Å²) in [5.74, 6) is 1.62. The number of nitrogens with zero attached hydrogens (tertiary/aromatic N) is 2. The number of aliphatic imine (C=N–C) groups is 1. The Labute approximate surface area is 151 Å². The van der Waals surface area contributed by atoms with Crippen molar-refractivity contribution in [2.75, 3.05) is 18.7 Å². The van der Waals surface area contributed by atoms with E-state index < -0.39 is 0 Å². The molecule has 1 aliphatic rings. The Balaban J connectivity index is 2.36. The molecule has 0 radical (unpaired) electrons. The maximum atomic E-state index is 9.68. The minimum absolute atomic E-state index is 0.250. The van der Waals surface area contributed by atoms with E-state index in [0.717, 1.165) is 19.3 Å². The van der Waals surface area contributed by atoms with Crippen LogP contribution in [0.15, 0.2) is 34.6 Å². The number of nitrogens with two attached hydrogens (primary N) is 1. The number of benzene rings is 1. The van der Waals surface area contributed by atoms with Crippen molar-refractivity contribution in [2.24, 2.45) is 16.6 Å². The molecule has 0 heterocycles. The Morgan fingerprint density at radius 1 is 1.54 bits per heavy atom. The van der Waals surface area contributed by atoms with Crippen molar-refractivity contribution in [3.8, 4) is 11.8 Å². The van der Waals surface area contributed by atoms with Gasteiger partial charge in [0.05, 0.1) is 28.8 Å². The summed E-state index contributed by atoms with van der Waals surface area (Å²) in [6.45, 7) is -0.257. The second kappa shape index (κ2) is 8.97. The molecule has 7 heteroatoms. The van der Waals surface area contributed by atoms with E-state index in [1.165, 1.54) is 0 Å². The lowest BCUT2D eigenvalue weighted by Crippen LogP contribution is -2.27. The van der Waals surface area contributed by atoms with E-state index in [-0.39, 0.29) is 12.5 Å². The molecule has 0 aliphatic heterocycles. The third-order valence-electron chi connectivity index (χ3n) is 3.88. The summed E-state index contributed by atoms with van der Waals surface area (Å²) in [7, 11) is 0. The molecule has 0 aromatic heterocycles. The summed E-state index contributed by atoms with van der Waals surface area (Å²) < 4.78 is 5.92. The largest absolute Gasteiger partial charge is 0.453 e. The number of halogens is 1. The number of hydrogen-bond acceptors (Lipinski definition) is 6. The van der Waals surface area contributed by atoms with E-state index in [0.29, 0.717) is 39.4 Å². The number of thioether (sulfide) groups is 1. The normalized spacial score (nSPS) is 16.2. The van der Waals surface area contributed by atoms with Gasteiger partial charge in [-0.05, 0) is 31.2 Å². The lowest BCUT2D eigenvalue weighted by molar-refractivity contribution is 0.331. The fourth-order valence-corrected chi connectivity index (χ4v) is 2.79. The molecule has 24 heavy (non-hydrogen) atoms. The van der Waals surface area contributed by atoms with Gasteiger partial charge in [-0.25, -0.2) is 0 Å². The van der Waals surface area contributed by atoms with E-state index in [2.05, 4.69) is 4.99 Å². The standard InChI is InChI=1S/C17H20ClN3O2S/c1-24-10-21-15(9-22)17(16(20)11-3-2-4-11)23-13-6-5-12(8-19)14(18)7-13/h5-7,11,22H,2-4,9-10,20H2,1H3/b17-16+,21-15+. The second-order valence-electron chi connectivity index (χ2n) is 5.45. The Hall–Kier alpha value is -1.68. The van der Waals surface area contributed by atoms with Crippen LogP contribution in [0.3, 0.4) is 0 Å². The number of aliphatic hydroxyl groups excluding tert-OH is 1. The Morgan fingerprint density at radius 3 is 2.79 bits per heavy atom. The topological polar surface area (TPSA) is 91.6 Å². The summed E-state index contributed by atoms with van der Waals surface area (Å²) in [6, 6.07) is 6.82. The van der Waals surface area contributed by atoms with Gasteiger partial charge in [-0.15, -0.1) is 11.8 Å². The quantitative estimate of drug-likeness (QED) is 0.571. The van der Waals surface area contributed by atoms with E-state index in [4.69, 9.17) is 27.3 Å². The van der Waals surface area contributed by atoms with Gasteiger partial charge in [-0.1, -0.05) is 18.0 Å². The molecule has 1 aromatic rings. The minimum atomic E-state index is -0.257. The molecule has 0 atom stereocenters. The van der Waals surface area contributed by atoms with Crippen LogP contribution in [0.1, 0.15) is 24.8 Å². The SMILES string of the molecule is CSC/N=C(CO)/C(Oc1ccc(C#N)c(Cl)c1)=C(\N)C1CCC1. The lowest BCUT2D eigenvalue weighted by atomic mass is 9.82. The molecular formula is C17H20ClN3O2S. The molecule has 2 rings (SSSR count). The molecule has 1 fully saturated rings. The monoisotopic (exact) mass is 365 g/mol. The molecule has 0 spiro atoms. The van der Waals surface area contributed by atoms with Gasteiger partial charge < -0.3 is 15.6 Å². The van der Waals surface area contributed by atoms with Crippen LogP contribution in [0, 0.1) is 17.2 Å². The summed E-state index contributed by atoms with van der Waals surface area (Å²) in [5, 5.41) is 18.9. The van der Waals surface area contributed by atoms with Gasteiger partial charge >= 0.3 is 0 Å². The van der Waals surface area contributed by atoms with Crippen molar-refractivity contribution >= 4 is 29.1 Å². The van der Waals surface area contributed by atoms with Crippen LogP contribution in [-0.2, 0) is 0 Å². The predicted molar refractivity (Wildman–Crippen MR) is 98.3 cm³/mol. The van der Waals surface area contributed by atoms with E-state index in [1.54, 1.807) is 30.0 Å². The number of allylic oxidation sites excluding steroid dienone is 1. The summed E-state index contributed by atoms with van der Waals surface area (Å²) in [5.41, 5.74) is 7.69. The van der Waals surface area contributed by atoms with Crippen molar-refractivity contribution in [1.82, 2.24) is 0 Å². The number of ether oxygens (including phenoxy) is 1. The highest BCUT2D eigenvalue weighted by Gasteiger charge is 2.26. The average molecular weight is 366 g/mol. The second-order valence-corrected chi connectivity index (χ2v) is 6.69. The molecule has 1 aliphatic carbocycles. The van der Waals surface area contributed by atoms with E-state index in [1.807, 2.05) is 12.3 Å². The fraction of sp³-hybridized carbons (Fsp3) is 0.412. The average Bonchev–Trinajstić information content (AvgIpc) is 2.52. The van der Waals surface area contributed by atoms with Gasteiger partial charge in [0.25, 0.3) is 0 Å². The highest BCUT2D eigenvalue weighted by atomic mass is 35.5. The van der Waals surface area contributed by atoms with Gasteiger partial charge in [0.2, 0.25) is 0 Å². The number of nitriles is 1. The molecule has 0 bridgehead atoms. The van der Waals surface area contributed by atoms with Gasteiger partial charge in [-0.3, -0.25) is 4.99 Å². The van der Waals surface area contributed by atoms with Crippen molar-refractivity contribution in [2.45, 2.75) is 19.3 Å². The predicted octanol–water partition coefficient (Wildman–Crippen LogP) is 3.31. The maximum Gasteiger partial charge on any atom is 0.169 e. The van der Waals surface area contributed by atoms with Crippen LogP contribution < -0.4 is 10.5 Å². The highest BCUT2D eigenvalue weighted by Crippen LogP contribution is 2.33. The van der Waals surface area contributed by atoms with Gasteiger partial charge in [0, 0.05) is 12.0 Å². The molecule has 5 nitrogen and oxygen atoms in total. The molecule has 1 saturated carbocycles. The molecule has 0 unspecified atom stereocenters. The molecule has 0 amide bonds. The Bertz CT molecular complexity index is 694. The smallest absolute Gasteiger partial charge is 0.169 e. The number of rotatable bonds is 7. The molecule has 128 valence electrons. The van der Waals surface area contributed by atoms with Crippen LogP contribution >= 0.6 is 23.4 Å². The Kier molecular flexibility index (Phi) is 6.98. The van der Waals surface area contributed by atoms with Crippen molar-refractivity contribution in [3.63, 3.8) is 0 Å². The van der Waals surface area contributed by atoms with Crippen molar-refractivity contribution in [1.29, 1.82) is 5.26 Å². The van der Waals surface area contributed by atoms with Crippen LogP contribution in [0.5, 0.6) is 5.75 Å². The molecular weight excluding hydrogens is 346 g/mol. The zero-order valence-electron chi connectivity index (χ0n) is 13.5. The summed E-state index contributed by atoms with van der Waals surface area (Å²) >= 11 is 7.60. The first kappa shape index (κ1) is 18.7. The first-order valence-electron chi connectivity index (χ1n) is 7.61. The van der Waals surface area contributed by atoms with E-state index in [9.17, 15) is 5.11 Å². The van der Waals surface area contributed by atoms with Gasteiger partial charge in [-0.2, -0.15) is 5.26 Å². The molecule has 0 saturated heterocycles. The first-order chi connectivity index (χ1) is 11.6. The zero-order chi connectivity index (χ0) is 17.5. The van der Waals surface area contributed by atoms with Crippen molar-refractivity contribution in [3.05, 3.63) is 40.2 Å². The van der Waals surface area contributed by atoms with Gasteiger partial charge in [0.15, 0.2) is 5.76 Å². The van der Waals surface area contributed by atoms with Crippen LogP contribution in [0.25, 0.3) is 0 Å². The molecule has 3 N–H and O–H groups in total. The first-order valence-corrected chi connectivity index (χ1v) is 9.38. The Morgan fingerprint density at radius 2 is 2.29 bits per heavy atom. The number of aliphatic hydroxyl groups is 1. The fourth-order valence-electron chi connectivity index (χ4n) is 2.29. The lowest BCUT2D eigenvalue weighted by Gasteiger charge is -2.28. The van der Waals surface area contributed by atoms with Crippen LogP contribution in [0.2, 0.25) is 5.02 Å². The van der Waals surface area contributed by atoms with Crippen LogP contribution in [0.4, 0.5) is 0 Å². The molecule has 1 aromatic carbocycles. The maximum absolute atomic E-state index is 9.68. The summed E-state index contributed by atoms with van der Waals surface area (Å²) in [6.07, 6.45) is 5.08.